The second kappa shape index (κ2) is 9.31. The second-order valence-corrected chi connectivity index (χ2v) is 8.84. The number of likely N-dealkylation sites (tertiary alicyclic amines) is 1. The normalized spacial score (nSPS) is 21.3. The zero-order chi connectivity index (χ0) is 21.1. The molecule has 0 aliphatic carbocycles. The molecular weight excluding hydrogens is 423 g/mol. The summed E-state index contributed by atoms with van der Waals surface area (Å²) in [7, 11) is 0. The zero-order valence-electron chi connectivity index (χ0n) is 16.6. The Bertz CT molecular complexity index is 904. The summed E-state index contributed by atoms with van der Waals surface area (Å²) in [5.41, 5.74) is 1.53. The third kappa shape index (κ3) is 4.93. The maximum Gasteiger partial charge on any atom is 0.255 e. The smallest absolute Gasteiger partial charge is 0.255 e. The lowest BCUT2D eigenvalue weighted by Crippen LogP contribution is -2.45. The average molecular weight is 447 g/mol. The molecule has 2 aromatic heterocycles. The Balaban J connectivity index is 1.44. The van der Waals surface area contributed by atoms with Crippen LogP contribution in [-0.2, 0) is 11.2 Å². The Morgan fingerprint density at radius 3 is 2.43 bits per heavy atom. The highest BCUT2D eigenvalue weighted by molar-refractivity contribution is 6.29. The fraction of sp³-hybridized carbons (Fsp3) is 0.455. The van der Waals surface area contributed by atoms with Gasteiger partial charge in [0.15, 0.2) is 0 Å². The first kappa shape index (κ1) is 21.1. The van der Waals surface area contributed by atoms with Gasteiger partial charge in [0, 0.05) is 44.5 Å². The SMILES string of the molecule is O=C(c1ccc(Cl)nc1)N1CC2CCCC(C1)N(C(=O)CCc1ccc(Cl)nc1)C2. The van der Waals surface area contributed by atoms with Gasteiger partial charge in [-0.1, -0.05) is 35.7 Å². The molecular formula is C22H24Cl2N4O2. The van der Waals surface area contributed by atoms with E-state index in [1.807, 2.05) is 15.9 Å². The lowest BCUT2D eigenvalue weighted by molar-refractivity contribution is -0.133. The summed E-state index contributed by atoms with van der Waals surface area (Å²) in [6.45, 7) is 1.94. The predicted molar refractivity (Wildman–Crippen MR) is 116 cm³/mol. The number of amides is 2. The Hall–Kier alpha value is -2.18. The number of nitrogens with zero attached hydrogens (tertiary/aromatic N) is 4. The van der Waals surface area contributed by atoms with Gasteiger partial charge in [0.05, 0.1) is 5.56 Å². The molecule has 6 nitrogen and oxygen atoms in total. The topological polar surface area (TPSA) is 66.4 Å². The molecule has 2 unspecified atom stereocenters. The predicted octanol–water partition coefficient (Wildman–Crippen LogP) is 3.87. The molecule has 0 N–H and O–H groups in total. The van der Waals surface area contributed by atoms with Crippen molar-refractivity contribution in [1.29, 1.82) is 0 Å². The molecule has 2 saturated heterocycles. The van der Waals surface area contributed by atoms with Gasteiger partial charge in [-0.3, -0.25) is 9.59 Å². The number of pyridine rings is 2. The molecule has 4 heterocycles. The van der Waals surface area contributed by atoms with Gasteiger partial charge in [-0.25, -0.2) is 9.97 Å². The molecule has 2 aliphatic heterocycles. The molecule has 2 aromatic rings. The lowest BCUT2D eigenvalue weighted by atomic mass is 9.99. The fourth-order valence-corrected chi connectivity index (χ4v) is 4.62. The van der Waals surface area contributed by atoms with Gasteiger partial charge >= 0.3 is 0 Å². The van der Waals surface area contributed by atoms with E-state index in [0.717, 1.165) is 24.8 Å². The average Bonchev–Trinajstić information content (AvgIpc) is 3.04. The highest BCUT2D eigenvalue weighted by Gasteiger charge is 2.36. The van der Waals surface area contributed by atoms with Crippen molar-refractivity contribution < 1.29 is 9.59 Å². The second-order valence-electron chi connectivity index (χ2n) is 8.07. The first-order valence-corrected chi connectivity index (χ1v) is 11.1. The number of aryl methyl sites for hydroxylation is 1. The number of hydrogen-bond acceptors (Lipinski definition) is 4. The summed E-state index contributed by atoms with van der Waals surface area (Å²) >= 11 is 11.7. The summed E-state index contributed by atoms with van der Waals surface area (Å²) in [6, 6.07) is 7.05. The van der Waals surface area contributed by atoms with Crippen LogP contribution in [0.15, 0.2) is 36.7 Å². The summed E-state index contributed by atoms with van der Waals surface area (Å²) in [5.74, 6) is 0.393. The van der Waals surface area contributed by atoms with Crippen molar-refractivity contribution in [3.05, 3.63) is 58.1 Å². The third-order valence-electron chi connectivity index (χ3n) is 5.95. The van der Waals surface area contributed by atoms with Crippen LogP contribution in [0, 0.1) is 5.92 Å². The fourth-order valence-electron chi connectivity index (χ4n) is 4.40. The molecule has 0 radical (unpaired) electrons. The molecule has 0 spiro atoms. The summed E-state index contributed by atoms with van der Waals surface area (Å²) in [5, 5.41) is 0.819. The van der Waals surface area contributed by atoms with Crippen LogP contribution in [-0.4, -0.2) is 57.3 Å². The van der Waals surface area contributed by atoms with E-state index in [4.69, 9.17) is 23.2 Å². The summed E-state index contributed by atoms with van der Waals surface area (Å²) in [6.07, 6.45) is 7.35. The van der Waals surface area contributed by atoms with Crippen LogP contribution < -0.4 is 0 Å². The molecule has 2 bridgehead atoms. The minimum Gasteiger partial charge on any atom is -0.338 e. The minimum atomic E-state index is -0.0439. The molecule has 2 atom stereocenters. The zero-order valence-corrected chi connectivity index (χ0v) is 18.1. The van der Waals surface area contributed by atoms with E-state index in [1.165, 1.54) is 6.20 Å². The van der Waals surface area contributed by atoms with Crippen LogP contribution in [0.5, 0.6) is 0 Å². The van der Waals surface area contributed by atoms with Crippen molar-refractivity contribution in [2.75, 3.05) is 19.6 Å². The van der Waals surface area contributed by atoms with Crippen LogP contribution >= 0.6 is 23.2 Å². The molecule has 2 amide bonds. The van der Waals surface area contributed by atoms with Crippen molar-refractivity contribution in [1.82, 2.24) is 19.8 Å². The number of fused-ring (bicyclic) bond motifs is 3. The van der Waals surface area contributed by atoms with Crippen molar-refractivity contribution in [2.45, 2.75) is 38.1 Å². The number of carbonyl (C=O) groups excluding carboxylic acids is 2. The molecule has 2 fully saturated rings. The van der Waals surface area contributed by atoms with E-state index in [2.05, 4.69) is 9.97 Å². The Kier molecular flexibility index (Phi) is 6.54. The van der Waals surface area contributed by atoms with E-state index < -0.39 is 0 Å². The molecule has 0 aromatic carbocycles. The minimum absolute atomic E-state index is 0.0439. The van der Waals surface area contributed by atoms with Crippen LogP contribution in [0.3, 0.4) is 0 Å². The van der Waals surface area contributed by atoms with Crippen LogP contribution in [0.2, 0.25) is 10.3 Å². The molecule has 158 valence electrons. The first-order valence-electron chi connectivity index (χ1n) is 10.3. The van der Waals surface area contributed by atoms with Crippen LogP contribution in [0.25, 0.3) is 0 Å². The Morgan fingerprint density at radius 1 is 0.967 bits per heavy atom. The maximum atomic E-state index is 13.1. The van der Waals surface area contributed by atoms with Gasteiger partial charge in [-0.15, -0.1) is 0 Å². The molecule has 0 saturated carbocycles. The molecule has 30 heavy (non-hydrogen) atoms. The number of hydrogen-bond donors (Lipinski definition) is 0. The maximum absolute atomic E-state index is 13.1. The quantitative estimate of drug-likeness (QED) is 0.668. The lowest BCUT2D eigenvalue weighted by Gasteiger charge is -2.31. The van der Waals surface area contributed by atoms with Crippen molar-refractivity contribution >= 4 is 35.0 Å². The van der Waals surface area contributed by atoms with E-state index in [-0.39, 0.29) is 17.9 Å². The largest absolute Gasteiger partial charge is 0.338 e. The highest BCUT2D eigenvalue weighted by atomic mass is 35.5. The third-order valence-corrected chi connectivity index (χ3v) is 6.40. The van der Waals surface area contributed by atoms with E-state index >= 15 is 0 Å². The standard InChI is InChI=1S/C22H24Cl2N4O2/c23-19-7-4-15(10-25-19)5-9-21(29)28-13-16-2-1-3-18(28)14-27(12-16)22(30)17-6-8-20(24)26-11-17/h4,6-8,10-11,16,18H,1-3,5,9,12-14H2. The van der Waals surface area contributed by atoms with Crippen LogP contribution in [0.1, 0.15) is 41.6 Å². The van der Waals surface area contributed by atoms with Gasteiger partial charge < -0.3 is 9.80 Å². The van der Waals surface area contributed by atoms with Crippen molar-refractivity contribution in [2.24, 2.45) is 5.92 Å². The first-order chi connectivity index (χ1) is 14.5. The summed E-state index contributed by atoms with van der Waals surface area (Å²) in [4.78, 5) is 38.1. The van der Waals surface area contributed by atoms with Gasteiger partial charge in [-0.05, 0) is 48.9 Å². The van der Waals surface area contributed by atoms with E-state index in [1.54, 1.807) is 24.4 Å². The number of aromatic nitrogens is 2. The Labute approximate surface area is 186 Å². The van der Waals surface area contributed by atoms with Crippen molar-refractivity contribution in [3.63, 3.8) is 0 Å². The van der Waals surface area contributed by atoms with Gasteiger partial charge in [-0.2, -0.15) is 0 Å². The monoisotopic (exact) mass is 446 g/mol. The highest BCUT2D eigenvalue weighted by Crippen LogP contribution is 2.28. The van der Waals surface area contributed by atoms with E-state index in [9.17, 15) is 9.59 Å². The summed E-state index contributed by atoms with van der Waals surface area (Å²) < 4.78 is 0. The number of halogens is 2. The molecule has 4 rings (SSSR count). The number of rotatable bonds is 4. The Morgan fingerprint density at radius 2 is 1.73 bits per heavy atom. The van der Waals surface area contributed by atoms with Gasteiger partial charge in [0.2, 0.25) is 5.91 Å². The number of carbonyl (C=O) groups is 2. The van der Waals surface area contributed by atoms with Crippen molar-refractivity contribution in [3.8, 4) is 0 Å². The molecule has 2 aliphatic rings. The van der Waals surface area contributed by atoms with E-state index in [0.29, 0.717) is 54.3 Å². The van der Waals surface area contributed by atoms with Crippen LogP contribution in [0.4, 0.5) is 0 Å². The van der Waals surface area contributed by atoms with Gasteiger partial charge in [0.25, 0.3) is 5.91 Å². The van der Waals surface area contributed by atoms with Gasteiger partial charge in [0.1, 0.15) is 10.3 Å². The molecule has 8 heteroatoms.